The molecule has 1 atom stereocenters. The van der Waals surface area contributed by atoms with Gasteiger partial charge in [-0.25, -0.2) is 4.79 Å². The average molecular weight is 314 g/mol. The molecule has 0 spiro atoms. The molecule has 1 aromatic heterocycles. The number of carbonyl (C=O) groups is 1. The molecule has 1 heterocycles. The predicted molar refractivity (Wildman–Crippen MR) is 94.4 cm³/mol. The van der Waals surface area contributed by atoms with Gasteiger partial charge >= 0.3 is 6.03 Å². The van der Waals surface area contributed by atoms with E-state index in [1.807, 2.05) is 24.3 Å². The molecule has 2 aromatic rings. The maximum atomic E-state index is 11.9. The van der Waals surface area contributed by atoms with Gasteiger partial charge in [0.25, 0.3) is 0 Å². The second kappa shape index (κ2) is 8.48. The molecular weight excluding hydrogens is 288 g/mol. The molecular formula is C18H26N4O. The molecule has 0 aliphatic rings. The smallest absolute Gasteiger partial charge is 0.315 e. The normalized spacial score (nSPS) is 12.3. The van der Waals surface area contributed by atoms with Crippen LogP contribution in [0.3, 0.4) is 0 Å². The van der Waals surface area contributed by atoms with Gasteiger partial charge < -0.3 is 10.6 Å². The average Bonchev–Trinajstić information content (AvgIpc) is 2.59. The number of nitrogens with one attached hydrogen (secondary N) is 2. The van der Waals surface area contributed by atoms with E-state index in [9.17, 15) is 4.79 Å². The second-order valence-electron chi connectivity index (χ2n) is 5.66. The van der Waals surface area contributed by atoms with Crippen molar-refractivity contribution in [1.82, 2.24) is 20.5 Å². The Hall–Kier alpha value is -2.14. The number of rotatable bonds is 7. The quantitative estimate of drug-likeness (QED) is 0.826. The standard InChI is InChI=1S/C18H26N4O/c1-4-22(5-2)14(3)12-20-18(23)21-13-15-8-9-17-16(11-15)7-6-10-19-17/h6-11,14H,4-5,12-13H2,1-3H3,(H2,20,21,23)/t14-/m1/s1. The first-order valence-corrected chi connectivity index (χ1v) is 8.23. The maximum Gasteiger partial charge on any atom is 0.315 e. The Labute approximate surface area is 138 Å². The Morgan fingerprint density at radius 2 is 2.00 bits per heavy atom. The highest BCUT2D eigenvalue weighted by molar-refractivity contribution is 5.79. The molecule has 1 aromatic carbocycles. The molecule has 2 N–H and O–H groups in total. The summed E-state index contributed by atoms with van der Waals surface area (Å²) in [6.45, 7) is 9.54. The van der Waals surface area contributed by atoms with Crippen LogP contribution in [0.25, 0.3) is 10.9 Å². The van der Waals surface area contributed by atoms with Gasteiger partial charge in [-0.15, -0.1) is 0 Å². The van der Waals surface area contributed by atoms with Crippen molar-refractivity contribution in [2.75, 3.05) is 19.6 Å². The summed E-state index contributed by atoms with van der Waals surface area (Å²) in [5, 5.41) is 6.93. The van der Waals surface area contributed by atoms with Crippen LogP contribution in [0.2, 0.25) is 0 Å². The lowest BCUT2D eigenvalue weighted by molar-refractivity contribution is 0.214. The maximum absolute atomic E-state index is 11.9. The van der Waals surface area contributed by atoms with Crippen LogP contribution in [0.15, 0.2) is 36.5 Å². The Kier molecular flexibility index (Phi) is 6.35. The minimum atomic E-state index is -0.129. The van der Waals surface area contributed by atoms with Gasteiger partial charge in [0.2, 0.25) is 0 Å². The third-order valence-corrected chi connectivity index (χ3v) is 4.11. The van der Waals surface area contributed by atoms with Gasteiger partial charge in [0.05, 0.1) is 5.52 Å². The lowest BCUT2D eigenvalue weighted by Gasteiger charge is -2.26. The fourth-order valence-electron chi connectivity index (χ4n) is 2.70. The molecule has 5 nitrogen and oxygen atoms in total. The molecule has 0 saturated heterocycles. The van der Waals surface area contributed by atoms with Crippen LogP contribution in [0, 0.1) is 0 Å². The van der Waals surface area contributed by atoms with E-state index in [1.165, 1.54) is 0 Å². The Morgan fingerprint density at radius 1 is 1.22 bits per heavy atom. The molecule has 0 aliphatic carbocycles. The molecule has 23 heavy (non-hydrogen) atoms. The number of aromatic nitrogens is 1. The summed E-state index contributed by atoms with van der Waals surface area (Å²) >= 11 is 0. The number of carbonyl (C=O) groups excluding carboxylic acids is 1. The fraction of sp³-hybridized carbons (Fsp3) is 0.444. The predicted octanol–water partition coefficient (Wildman–Crippen LogP) is 2.76. The van der Waals surface area contributed by atoms with E-state index in [4.69, 9.17) is 0 Å². The third kappa shape index (κ3) is 4.93. The van der Waals surface area contributed by atoms with E-state index >= 15 is 0 Å². The van der Waals surface area contributed by atoms with Crippen molar-refractivity contribution in [3.8, 4) is 0 Å². The second-order valence-corrected chi connectivity index (χ2v) is 5.66. The number of urea groups is 1. The monoisotopic (exact) mass is 314 g/mol. The lowest BCUT2D eigenvalue weighted by atomic mass is 10.1. The van der Waals surface area contributed by atoms with E-state index in [-0.39, 0.29) is 6.03 Å². The van der Waals surface area contributed by atoms with Crippen molar-refractivity contribution in [3.63, 3.8) is 0 Å². The van der Waals surface area contributed by atoms with E-state index < -0.39 is 0 Å². The summed E-state index contributed by atoms with van der Waals surface area (Å²) in [5.41, 5.74) is 2.03. The van der Waals surface area contributed by atoms with E-state index in [0.717, 1.165) is 29.6 Å². The number of nitrogens with zero attached hydrogens (tertiary/aromatic N) is 2. The van der Waals surface area contributed by atoms with Gasteiger partial charge in [0.15, 0.2) is 0 Å². The van der Waals surface area contributed by atoms with Crippen molar-refractivity contribution in [3.05, 3.63) is 42.1 Å². The SMILES string of the molecule is CCN(CC)[C@H](C)CNC(=O)NCc1ccc2ncccc2c1. The summed E-state index contributed by atoms with van der Waals surface area (Å²) in [7, 11) is 0. The van der Waals surface area contributed by atoms with Crippen molar-refractivity contribution in [2.24, 2.45) is 0 Å². The molecule has 0 bridgehead atoms. The zero-order valence-corrected chi connectivity index (χ0v) is 14.2. The first-order valence-electron chi connectivity index (χ1n) is 8.23. The number of likely N-dealkylation sites (N-methyl/N-ethyl adjacent to an activating group) is 1. The summed E-state index contributed by atoms with van der Waals surface area (Å²) in [5.74, 6) is 0. The van der Waals surface area contributed by atoms with Gasteiger partial charge in [-0.3, -0.25) is 9.88 Å². The molecule has 0 aliphatic heterocycles. The zero-order chi connectivity index (χ0) is 16.7. The van der Waals surface area contributed by atoms with Gasteiger partial charge in [-0.1, -0.05) is 26.0 Å². The molecule has 5 heteroatoms. The molecule has 0 saturated carbocycles. The Balaban J connectivity index is 1.81. The Bertz CT molecular complexity index is 640. The van der Waals surface area contributed by atoms with E-state index in [0.29, 0.717) is 19.1 Å². The van der Waals surface area contributed by atoms with Gasteiger partial charge in [-0.2, -0.15) is 0 Å². The zero-order valence-electron chi connectivity index (χ0n) is 14.2. The molecule has 0 fully saturated rings. The Morgan fingerprint density at radius 3 is 2.74 bits per heavy atom. The number of fused-ring (bicyclic) bond motifs is 1. The van der Waals surface area contributed by atoms with Crippen LogP contribution in [-0.4, -0.2) is 41.6 Å². The largest absolute Gasteiger partial charge is 0.337 e. The van der Waals surface area contributed by atoms with Crippen molar-refractivity contribution in [2.45, 2.75) is 33.4 Å². The first kappa shape index (κ1) is 17.2. The van der Waals surface area contributed by atoms with Gasteiger partial charge in [0, 0.05) is 30.7 Å². The highest BCUT2D eigenvalue weighted by Gasteiger charge is 2.11. The molecule has 2 amide bonds. The highest BCUT2D eigenvalue weighted by Crippen LogP contribution is 2.13. The minimum absolute atomic E-state index is 0.129. The van der Waals surface area contributed by atoms with Crippen molar-refractivity contribution < 1.29 is 4.79 Å². The fourth-order valence-corrected chi connectivity index (χ4v) is 2.70. The summed E-state index contributed by atoms with van der Waals surface area (Å²) in [6.07, 6.45) is 1.78. The van der Waals surface area contributed by atoms with E-state index in [1.54, 1.807) is 6.20 Å². The van der Waals surface area contributed by atoms with Crippen LogP contribution in [0.5, 0.6) is 0 Å². The first-order chi connectivity index (χ1) is 11.1. The number of amides is 2. The summed E-state index contributed by atoms with van der Waals surface area (Å²) in [6, 6.07) is 10.2. The third-order valence-electron chi connectivity index (χ3n) is 4.11. The minimum Gasteiger partial charge on any atom is -0.337 e. The van der Waals surface area contributed by atoms with E-state index in [2.05, 4.69) is 47.4 Å². The van der Waals surface area contributed by atoms with Crippen LogP contribution in [0.1, 0.15) is 26.3 Å². The molecule has 0 unspecified atom stereocenters. The highest BCUT2D eigenvalue weighted by atomic mass is 16.2. The summed E-state index contributed by atoms with van der Waals surface area (Å²) < 4.78 is 0. The van der Waals surface area contributed by atoms with Crippen molar-refractivity contribution >= 4 is 16.9 Å². The van der Waals surface area contributed by atoms with Crippen molar-refractivity contribution in [1.29, 1.82) is 0 Å². The molecule has 2 rings (SSSR count). The van der Waals surface area contributed by atoms with Crippen LogP contribution in [0.4, 0.5) is 4.79 Å². The van der Waals surface area contributed by atoms with Crippen LogP contribution >= 0.6 is 0 Å². The number of hydrogen-bond acceptors (Lipinski definition) is 3. The molecule has 124 valence electrons. The van der Waals surface area contributed by atoms with Crippen LogP contribution in [-0.2, 0) is 6.54 Å². The van der Waals surface area contributed by atoms with Crippen LogP contribution < -0.4 is 10.6 Å². The molecule has 0 radical (unpaired) electrons. The number of benzene rings is 1. The van der Waals surface area contributed by atoms with Gasteiger partial charge in [-0.05, 0) is 43.8 Å². The number of hydrogen-bond donors (Lipinski definition) is 2. The summed E-state index contributed by atoms with van der Waals surface area (Å²) in [4.78, 5) is 18.5. The topological polar surface area (TPSA) is 57.3 Å². The van der Waals surface area contributed by atoms with Gasteiger partial charge in [0.1, 0.15) is 0 Å². The number of pyridine rings is 1. The lowest BCUT2D eigenvalue weighted by Crippen LogP contribution is -2.44.